The summed E-state index contributed by atoms with van der Waals surface area (Å²) in [6.07, 6.45) is 6.86. The Morgan fingerprint density at radius 3 is 2.67 bits per heavy atom. The van der Waals surface area contributed by atoms with Crippen LogP contribution in [0.1, 0.15) is 24.7 Å². The van der Waals surface area contributed by atoms with E-state index in [9.17, 15) is 4.79 Å². The molecule has 0 amide bonds. The maximum Gasteiger partial charge on any atom is 0.335 e. The number of aromatic amines is 1. The number of rotatable bonds is 7. The summed E-state index contributed by atoms with van der Waals surface area (Å²) in [5.74, 6) is 1.02. The van der Waals surface area contributed by atoms with Gasteiger partial charge >= 0.3 is 5.69 Å². The van der Waals surface area contributed by atoms with Gasteiger partial charge in [0.1, 0.15) is 6.33 Å². The second-order valence-corrected chi connectivity index (χ2v) is 7.70. The highest BCUT2D eigenvalue weighted by molar-refractivity contribution is 5.70. The molecule has 0 aliphatic heterocycles. The summed E-state index contributed by atoms with van der Waals surface area (Å²) in [4.78, 5) is 17.8. The van der Waals surface area contributed by atoms with E-state index in [0.717, 1.165) is 40.9 Å². The number of tetrazole rings is 1. The van der Waals surface area contributed by atoms with Crippen LogP contribution in [-0.2, 0) is 20.0 Å². The molecule has 0 unspecified atom stereocenters. The predicted molar refractivity (Wildman–Crippen MR) is 121 cm³/mol. The molecule has 0 atom stereocenters. The zero-order valence-electron chi connectivity index (χ0n) is 18.3. The van der Waals surface area contributed by atoms with E-state index in [1.54, 1.807) is 21.7 Å². The SMILES string of the molecule is CCCc1cn(-c2nncn2C)c(=O)n1Cc1cc(-c2cccc(-c3nn[nH]n3)c2)ccn1. The van der Waals surface area contributed by atoms with Crippen molar-refractivity contribution in [1.29, 1.82) is 0 Å². The van der Waals surface area contributed by atoms with Gasteiger partial charge in [0.05, 0.1) is 12.2 Å². The van der Waals surface area contributed by atoms with Crippen LogP contribution in [0, 0.1) is 0 Å². The zero-order chi connectivity index (χ0) is 22.8. The summed E-state index contributed by atoms with van der Waals surface area (Å²) in [5.41, 5.74) is 4.40. The van der Waals surface area contributed by atoms with Crippen molar-refractivity contribution in [2.75, 3.05) is 0 Å². The number of aryl methyl sites for hydroxylation is 2. The molecule has 0 saturated heterocycles. The fraction of sp³-hybridized carbons (Fsp3) is 0.227. The molecule has 0 fully saturated rings. The molecule has 0 aliphatic carbocycles. The van der Waals surface area contributed by atoms with E-state index >= 15 is 0 Å². The molecule has 0 spiro atoms. The summed E-state index contributed by atoms with van der Waals surface area (Å²) < 4.78 is 5.01. The quantitative estimate of drug-likeness (QED) is 0.409. The van der Waals surface area contributed by atoms with Crippen LogP contribution in [-0.4, -0.2) is 49.5 Å². The number of nitrogens with one attached hydrogen (secondary N) is 1. The van der Waals surface area contributed by atoms with Crippen LogP contribution in [0.4, 0.5) is 0 Å². The van der Waals surface area contributed by atoms with Crippen LogP contribution >= 0.6 is 0 Å². The minimum Gasteiger partial charge on any atom is -0.302 e. The number of pyridine rings is 1. The van der Waals surface area contributed by atoms with Gasteiger partial charge in [-0.25, -0.2) is 9.36 Å². The van der Waals surface area contributed by atoms with Crippen molar-refractivity contribution in [2.24, 2.45) is 7.05 Å². The number of hydrogen-bond donors (Lipinski definition) is 1. The Balaban J connectivity index is 1.50. The van der Waals surface area contributed by atoms with Gasteiger partial charge in [0, 0.05) is 30.7 Å². The molecule has 33 heavy (non-hydrogen) atoms. The maximum absolute atomic E-state index is 13.2. The third-order valence-electron chi connectivity index (χ3n) is 5.41. The second-order valence-electron chi connectivity index (χ2n) is 7.70. The maximum atomic E-state index is 13.2. The van der Waals surface area contributed by atoms with Crippen molar-refractivity contribution in [1.82, 2.24) is 49.5 Å². The molecular weight excluding hydrogens is 420 g/mol. The van der Waals surface area contributed by atoms with E-state index in [0.29, 0.717) is 18.3 Å². The van der Waals surface area contributed by atoms with Crippen LogP contribution in [0.2, 0.25) is 0 Å². The molecule has 0 bridgehead atoms. The third-order valence-corrected chi connectivity index (χ3v) is 5.41. The van der Waals surface area contributed by atoms with Crippen LogP contribution in [0.25, 0.3) is 28.5 Å². The van der Waals surface area contributed by atoms with Crippen LogP contribution in [0.3, 0.4) is 0 Å². The van der Waals surface area contributed by atoms with Crippen molar-refractivity contribution in [3.63, 3.8) is 0 Å². The molecule has 11 heteroatoms. The molecule has 1 aromatic carbocycles. The highest BCUT2D eigenvalue weighted by Gasteiger charge is 2.16. The highest BCUT2D eigenvalue weighted by atomic mass is 16.2. The van der Waals surface area contributed by atoms with Crippen LogP contribution in [0.5, 0.6) is 0 Å². The number of aromatic nitrogens is 10. The van der Waals surface area contributed by atoms with Gasteiger partial charge in [-0.1, -0.05) is 31.5 Å². The Morgan fingerprint density at radius 1 is 1.06 bits per heavy atom. The smallest absolute Gasteiger partial charge is 0.302 e. The molecule has 4 aromatic heterocycles. The summed E-state index contributed by atoms with van der Waals surface area (Å²) in [7, 11) is 1.81. The summed E-state index contributed by atoms with van der Waals surface area (Å²) in [6.45, 7) is 2.45. The van der Waals surface area contributed by atoms with E-state index in [1.165, 1.54) is 4.57 Å². The van der Waals surface area contributed by atoms with Gasteiger partial charge in [-0.15, -0.1) is 20.4 Å². The standard InChI is InChI=1S/C22H22N10O/c1-3-5-19-13-32(21-27-24-14-30(21)2)22(33)31(19)12-18-11-16(8-9-23-18)15-6-4-7-17(10-15)20-25-28-29-26-20/h4,6-11,13-14H,3,5,12H2,1-2H3,(H,25,26,28,29). The fourth-order valence-corrected chi connectivity index (χ4v) is 3.82. The number of imidazole rings is 1. The topological polar surface area (TPSA) is 125 Å². The highest BCUT2D eigenvalue weighted by Crippen LogP contribution is 2.24. The molecule has 5 aromatic rings. The average molecular weight is 442 g/mol. The van der Waals surface area contributed by atoms with Crippen molar-refractivity contribution < 1.29 is 0 Å². The van der Waals surface area contributed by atoms with E-state index in [2.05, 4.69) is 42.7 Å². The Hall–Kier alpha value is -4.41. The molecule has 4 heterocycles. The lowest BCUT2D eigenvalue weighted by atomic mass is 10.0. The van der Waals surface area contributed by atoms with E-state index < -0.39 is 0 Å². The molecule has 5 rings (SSSR count). The molecular formula is C22H22N10O. The van der Waals surface area contributed by atoms with E-state index in [1.807, 2.05) is 49.6 Å². The molecule has 1 N–H and O–H groups in total. The van der Waals surface area contributed by atoms with Crippen LogP contribution in [0.15, 0.2) is 59.9 Å². The Labute approximate surface area is 188 Å². The Kier molecular flexibility index (Phi) is 5.35. The lowest BCUT2D eigenvalue weighted by Crippen LogP contribution is -2.26. The van der Waals surface area contributed by atoms with Crippen molar-refractivity contribution in [3.05, 3.63) is 77.0 Å². The summed E-state index contributed by atoms with van der Waals surface area (Å²) in [6, 6.07) is 11.8. The van der Waals surface area contributed by atoms with Gasteiger partial charge in [-0.05, 0) is 41.0 Å². The monoisotopic (exact) mass is 442 g/mol. The minimum atomic E-state index is -0.166. The Morgan fingerprint density at radius 2 is 1.91 bits per heavy atom. The lowest BCUT2D eigenvalue weighted by Gasteiger charge is -2.09. The van der Waals surface area contributed by atoms with E-state index in [-0.39, 0.29) is 5.69 Å². The average Bonchev–Trinajstić information content (AvgIpc) is 3.58. The van der Waals surface area contributed by atoms with Crippen molar-refractivity contribution >= 4 is 0 Å². The normalized spacial score (nSPS) is 11.2. The van der Waals surface area contributed by atoms with Gasteiger partial charge in [0.15, 0.2) is 0 Å². The zero-order valence-corrected chi connectivity index (χ0v) is 18.3. The van der Waals surface area contributed by atoms with E-state index in [4.69, 9.17) is 0 Å². The van der Waals surface area contributed by atoms with Crippen molar-refractivity contribution in [3.8, 4) is 28.5 Å². The van der Waals surface area contributed by atoms with Gasteiger partial charge in [-0.2, -0.15) is 5.21 Å². The third kappa shape index (κ3) is 3.95. The van der Waals surface area contributed by atoms with Gasteiger partial charge in [0.2, 0.25) is 11.8 Å². The molecule has 0 saturated carbocycles. The molecule has 0 aliphatic rings. The van der Waals surface area contributed by atoms with Gasteiger partial charge in [0.25, 0.3) is 0 Å². The summed E-state index contributed by atoms with van der Waals surface area (Å²) >= 11 is 0. The second kappa shape index (κ2) is 8.61. The van der Waals surface area contributed by atoms with Gasteiger partial charge in [-0.3, -0.25) is 9.55 Å². The fourth-order valence-electron chi connectivity index (χ4n) is 3.82. The van der Waals surface area contributed by atoms with Crippen LogP contribution < -0.4 is 5.69 Å². The first-order valence-corrected chi connectivity index (χ1v) is 10.6. The number of hydrogen-bond acceptors (Lipinski definition) is 7. The first-order chi connectivity index (χ1) is 16.1. The minimum absolute atomic E-state index is 0.166. The summed E-state index contributed by atoms with van der Waals surface area (Å²) in [5, 5.41) is 22.2. The predicted octanol–water partition coefficient (Wildman–Crippen LogP) is 2.01. The lowest BCUT2D eigenvalue weighted by molar-refractivity contribution is 0.671. The van der Waals surface area contributed by atoms with Gasteiger partial charge < -0.3 is 4.57 Å². The largest absolute Gasteiger partial charge is 0.335 e. The number of benzene rings is 1. The molecule has 11 nitrogen and oxygen atoms in total. The first-order valence-electron chi connectivity index (χ1n) is 10.6. The molecule has 166 valence electrons. The molecule has 0 radical (unpaired) electrons. The number of nitrogens with zero attached hydrogens (tertiary/aromatic N) is 9. The first kappa shape index (κ1) is 20.5. The number of H-pyrrole nitrogens is 1. The van der Waals surface area contributed by atoms with Crippen molar-refractivity contribution in [2.45, 2.75) is 26.3 Å². The Bertz CT molecular complexity index is 1440.